The zero-order valence-corrected chi connectivity index (χ0v) is 16.2. The Balaban J connectivity index is 1.63. The molecule has 146 valence electrons. The van der Waals surface area contributed by atoms with Crippen LogP contribution in [-0.4, -0.2) is 33.2 Å². The minimum absolute atomic E-state index is 0.0328. The Labute approximate surface area is 159 Å². The first-order chi connectivity index (χ1) is 13.0. The molecule has 0 amide bonds. The van der Waals surface area contributed by atoms with E-state index in [4.69, 9.17) is 15.2 Å². The number of esters is 1. The molecular formula is C20H28N4O3. The fourth-order valence-corrected chi connectivity index (χ4v) is 3.51. The van der Waals surface area contributed by atoms with Gasteiger partial charge < -0.3 is 15.2 Å². The van der Waals surface area contributed by atoms with E-state index in [9.17, 15) is 4.79 Å². The predicted octanol–water partition coefficient (Wildman–Crippen LogP) is 2.83. The SMILES string of the molecule is CC(C)OC(=O)[C@@H]1CCC[C@@H](Oc2ccc(-c3nnn(C)c3CN)cc2)C1. The van der Waals surface area contributed by atoms with Crippen molar-refractivity contribution in [3.05, 3.63) is 30.0 Å². The summed E-state index contributed by atoms with van der Waals surface area (Å²) in [5.41, 5.74) is 8.43. The first-order valence-corrected chi connectivity index (χ1v) is 9.54. The van der Waals surface area contributed by atoms with Crippen LogP contribution in [-0.2, 0) is 23.1 Å². The van der Waals surface area contributed by atoms with Gasteiger partial charge in [0.05, 0.1) is 23.8 Å². The summed E-state index contributed by atoms with van der Waals surface area (Å²) in [7, 11) is 1.83. The van der Waals surface area contributed by atoms with Crippen LogP contribution in [0.25, 0.3) is 11.3 Å². The van der Waals surface area contributed by atoms with Gasteiger partial charge in [-0.1, -0.05) is 5.21 Å². The van der Waals surface area contributed by atoms with Crippen LogP contribution in [0.3, 0.4) is 0 Å². The van der Waals surface area contributed by atoms with Crippen LogP contribution in [0.1, 0.15) is 45.2 Å². The van der Waals surface area contributed by atoms with Crippen LogP contribution in [0.4, 0.5) is 0 Å². The largest absolute Gasteiger partial charge is 0.490 e. The van der Waals surface area contributed by atoms with Gasteiger partial charge in [-0.15, -0.1) is 5.10 Å². The Morgan fingerprint density at radius 2 is 2.04 bits per heavy atom. The van der Waals surface area contributed by atoms with Gasteiger partial charge in [0, 0.05) is 19.2 Å². The molecule has 3 rings (SSSR count). The molecule has 2 atom stereocenters. The zero-order valence-electron chi connectivity index (χ0n) is 16.2. The summed E-state index contributed by atoms with van der Waals surface area (Å²) in [5, 5.41) is 8.23. The quantitative estimate of drug-likeness (QED) is 0.784. The standard InChI is InChI=1S/C20H28N4O3/c1-13(2)26-20(25)15-5-4-6-17(11-15)27-16-9-7-14(8-10-16)19-18(12-21)24(3)23-22-19/h7-10,13,15,17H,4-6,11-12,21H2,1-3H3/t15-,17-/m1/s1. The van der Waals surface area contributed by atoms with Crippen molar-refractivity contribution < 1.29 is 14.3 Å². The summed E-state index contributed by atoms with van der Waals surface area (Å²) < 4.78 is 13.2. The van der Waals surface area contributed by atoms with Gasteiger partial charge in [0.15, 0.2) is 0 Å². The van der Waals surface area contributed by atoms with E-state index in [1.165, 1.54) is 0 Å². The third kappa shape index (κ3) is 4.66. The highest BCUT2D eigenvalue weighted by atomic mass is 16.5. The summed E-state index contributed by atoms with van der Waals surface area (Å²) in [6.45, 7) is 4.14. The number of nitrogens with two attached hydrogens (primary N) is 1. The maximum absolute atomic E-state index is 12.2. The molecule has 1 heterocycles. The van der Waals surface area contributed by atoms with Crippen LogP contribution >= 0.6 is 0 Å². The van der Waals surface area contributed by atoms with Gasteiger partial charge >= 0.3 is 5.97 Å². The van der Waals surface area contributed by atoms with E-state index in [-0.39, 0.29) is 24.1 Å². The van der Waals surface area contributed by atoms with Gasteiger partial charge in [-0.25, -0.2) is 0 Å². The number of benzene rings is 1. The third-order valence-corrected chi connectivity index (χ3v) is 4.88. The number of hydrogen-bond acceptors (Lipinski definition) is 6. The Bertz CT molecular complexity index is 770. The Hall–Kier alpha value is -2.41. The molecule has 1 aliphatic carbocycles. The van der Waals surface area contributed by atoms with Crippen molar-refractivity contribution in [1.82, 2.24) is 15.0 Å². The van der Waals surface area contributed by atoms with Crippen LogP contribution in [0.5, 0.6) is 5.75 Å². The lowest BCUT2D eigenvalue weighted by atomic mass is 9.87. The van der Waals surface area contributed by atoms with Gasteiger partial charge in [-0.05, 0) is 63.8 Å². The summed E-state index contributed by atoms with van der Waals surface area (Å²) in [6, 6.07) is 7.79. The molecule has 1 aromatic heterocycles. The monoisotopic (exact) mass is 372 g/mol. The molecule has 0 radical (unpaired) electrons. The van der Waals surface area contributed by atoms with Crippen molar-refractivity contribution >= 4 is 5.97 Å². The van der Waals surface area contributed by atoms with Crippen molar-refractivity contribution in [3.63, 3.8) is 0 Å². The lowest BCUT2D eigenvalue weighted by Gasteiger charge is -2.29. The fourth-order valence-electron chi connectivity index (χ4n) is 3.51. The molecule has 1 aromatic carbocycles. The predicted molar refractivity (Wildman–Crippen MR) is 102 cm³/mol. The van der Waals surface area contributed by atoms with Gasteiger partial charge in [-0.2, -0.15) is 0 Å². The second kappa shape index (κ2) is 8.52. The van der Waals surface area contributed by atoms with E-state index >= 15 is 0 Å². The average Bonchev–Trinajstić information content (AvgIpc) is 3.02. The van der Waals surface area contributed by atoms with Crippen molar-refractivity contribution in [2.75, 3.05) is 0 Å². The van der Waals surface area contributed by atoms with Crippen molar-refractivity contribution in [2.24, 2.45) is 18.7 Å². The molecule has 0 saturated heterocycles. The molecule has 7 heteroatoms. The number of hydrogen-bond donors (Lipinski definition) is 1. The molecular weight excluding hydrogens is 344 g/mol. The highest BCUT2D eigenvalue weighted by Gasteiger charge is 2.30. The first-order valence-electron chi connectivity index (χ1n) is 9.54. The highest BCUT2D eigenvalue weighted by molar-refractivity contribution is 5.72. The lowest BCUT2D eigenvalue weighted by molar-refractivity contribution is -0.154. The van der Waals surface area contributed by atoms with Crippen LogP contribution < -0.4 is 10.5 Å². The second-order valence-electron chi connectivity index (χ2n) is 7.33. The molecule has 7 nitrogen and oxygen atoms in total. The van der Waals surface area contributed by atoms with E-state index in [1.807, 2.05) is 45.2 Å². The molecule has 27 heavy (non-hydrogen) atoms. The van der Waals surface area contributed by atoms with Crippen molar-refractivity contribution in [1.29, 1.82) is 0 Å². The highest BCUT2D eigenvalue weighted by Crippen LogP contribution is 2.30. The molecule has 0 spiro atoms. The summed E-state index contributed by atoms with van der Waals surface area (Å²) in [6.07, 6.45) is 3.46. The van der Waals surface area contributed by atoms with Crippen molar-refractivity contribution in [3.8, 4) is 17.0 Å². The molecule has 0 unspecified atom stereocenters. The number of carbonyl (C=O) groups is 1. The van der Waals surface area contributed by atoms with E-state index in [1.54, 1.807) is 4.68 Å². The molecule has 1 aliphatic rings. The molecule has 2 aromatic rings. The summed E-state index contributed by atoms with van der Waals surface area (Å²) in [4.78, 5) is 12.2. The fraction of sp³-hybridized carbons (Fsp3) is 0.550. The smallest absolute Gasteiger partial charge is 0.309 e. The Morgan fingerprint density at radius 3 is 2.70 bits per heavy atom. The Kier molecular flexibility index (Phi) is 6.11. The molecule has 1 saturated carbocycles. The van der Waals surface area contributed by atoms with E-state index < -0.39 is 0 Å². The van der Waals surface area contributed by atoms with Gasteiger partial charge in [0.2, 0.25) is 0 Å². The topological polar surface area (TPSA) is 92.3 Å². The number of rotatable bonds is 6. The minimum Gasteiger partial charge on any atom is -0.490 e. The maximum atomic E-state index is 12.2. The summed E-state index contributed by atoms with van der Waals surface area (Å²) in [5.74, 6) is 0.613. The summed E-state index contributed by atoms with van der Waals surface area (Å²) >= 11 is 0. The number of aromatic nitrogens is 3. The van der Waals surface area contributed by atoms with Gasteiger partial charge in [-0.3, -0.25) is 9.48 Å². The van der Waals surface area contributed by atoms with Crippen molar-refractivity contribution in [2.45, 2.75) is 58.3 Å². The molecule has 0 aliphatic heterocycles. The normalized spacial score (nSPS) is 19.9. The molecule has 2 N–H and O–H groups in total. The molecule has 1 fully saturated rings. The van der Waals surface area contributed by atoms with Gasteiger partial charge in [0.25, 0.3) is 0 Å². The van der Waals surface area contributed by atoms with Gasteiger partial charge in [0.1, 0.15) is 11.4 Å². The Morgan fingerprint density at radius 1 is 1.30 bits per heavy atom. The maximum Gasteiger partial charge on any atom is 0.309 e. The van der Waals surface area contributed by atoms with E-state index in [2.05, 4.69) is 10.3 Å². The first kappa shape index (κ1) is 19.4. The molecule has 0 bridgehead atoms. The minimum atomic E-state index is -0.106. The average molecular weight is 372 g/mol. The number of carbonyl (C=O) groups excluding carboxylic acids is 1. The van der Waals surface area contributed by atoms with Crippen LogP contribution in [0, 0.1) is 5.92 Å². The number of nitrogens with zero attached hydrogens (tertiary/aromatic N) is 3. The lowest BCUT2D eigenvalue weighted by Crippen LogP contribution is -2.31. The number of aryl methyl sites for hydroxylation is 1. The second-order valence-corrected chi connectivity index (χ2v) is 7.33. The van der Waals surface area contributed by atoms with E-state index in [0.29, 0.717) is 13.0 Å². The third-order valence-electron chi connectivity index (χ3n) is 4.88. The number of ether oxygens (including phenoxy) is 2. The zero-order chi connectivity index (χ0) is 19.4. The van der Waals surface area contributed by atoms with Crippen LogP contribution in [0.2, 0.25) is 0 Å². The van der Waals surface area contributed by atoms with Crippen LogP contribution in [0.15, 0.2) is 24.3 Å². The van der Waals surface area contributed by atoms with E-state index in [0.717, 1.165) is 42.0 Å².